The molecule has 3 heterocycles. The predicted molar refractivity (Wildman–Crippen MR) is 148 cm³/mol. The van der Waals surface area contributed by atoms with E-state index in [1.807, 2.05) is 46.2 Å². The Kier molecular flexibility index (Phi) is 6.77. The van der Waals surface area contributed by atoms with Crippen molar-refractivity contribution >= 4 is 16.9 Å². The first-order valence-electron chi connectivity index (χ1n) is 13.1. The number of fused-ring (bicyclic) bond motifs is 1. The average molecular weight is 501 g/mol. The highest BCUT2D eigenvalue weighted by molar-refractivity contribution is 5.88. The first kappa shape index (κ1) is 25.0. The lowest BCUT2D eigenvalue weighted by atomic mass is 10.0. The quantitative estimate of drug-likeness (QED) is 0.387. The van der Waals surface area contributed by atoms with Gasteiger partial charge in [0.25, 0.3) is 0 Å². The molecule has 1 amide bonds. The number of aryl methyl sites for hydroxylation is 3. The minimum Gasteiger partial charge on any atom is -0.339 e. The largest absolute Gasteiger partial charge is 0.339 e. The molecular formula is C29H36N6O2. The number of amides is 1. The maximum atomic E-state index is 13.2. The highest BCUT2D eigenvalue weighted by atomic mass is 16.2. The van der Waals surface area contributed by atoms with Crippen molar-refractivity contribution < 1.29 is 4.79 Å². The van der Waals surface area contributed by atoms with Crippen LogP contribution in [0.25, 0.3) is 33.4 Å². The van der Waals surface area contributed by atoms with E-state index >= 15 is 0 Å². The Hall–Kier alpha value is -3.65. The Morgan fingerprint density at radius 3 is 2.46 bits per heavy atom. The van der Waals surface area contributed by atoms with Crippen LogP contribution in [-0.4, -0.2) is 67.8 Å². The van der Waals surface area contributed by atoms with Crippen molar-refractivity contribution in [2.75, 3.05) is 27.2 Å². The summed E-state index contributed by atoms with van der Waals surface area (Å²) in [5, 5.41) is 4.91. The highest BCUT2D eigenvalue weighted by Crippen LogP contribution is 2.33. The predicted octanol–water partition coefficient (Wildman–Crippen LogP) is 3.84. The van der Waals surface area contributed by atoms with Crippen LogP contribution in [0.2, 0.25) is 0 Å². The normalized spacial score (nSPS) is 15.8. The van der Waals surface area contributed by atoms with Crippen LogP contribution in [0, 0.1) is 6.92 Å². The van der Waals surface area contributed by atoms with Crippen molar-refractivity contribution in [1.29, 1.82) is 0 Å². The first-order valence-corrected chi connectivity index (χ1v) is 13.1. The molecule has 2 aromatic heterocycles. The summed E-state index contributed by atoms with van der Waals surface area (Å²) in [6.07, 6.45) is 2.97. The molecule has 1 aliphatic heterocycles. The second kappa shape index (κ2) is 10.0. The van der Waals surface area contributed by atoms with E-state index in [0.29, 0.717) is 19.1 Å². The Bertz CT molecular complexity index is 1510. The standard InChI is InChI=1S/C29H36N6O2/c1-6-34-25-12-11-21(16-26(25)35(7-2)29(34)37)24-18-33(30-28(24)22-10-8-9-20(3)15-22)19-27(36)32-14-13-23(17-32)31(4)5/h8-12,15-16,18,23H,6-7,13-14,17,19H2,1-5H3/t23-/m1/s1. The summed E-state index contributed by atoms with van der Waals surface area (Å²) in [5.74, 6) is 0.0875. The summed E-state index contributed by atoms with van der Waals surface area (Å²) < 4.78 is 5.40. The van der Waals surface area contributed by atoms with Crippen LogP contribution in [-0.2, 0) is 24.4 Å². The number of carbonyl (C=O) groups excluding carboxylic acids is 1. The Morgan fingerprint density at radius 2 is 1.78 bits per heavy atom. The molecule has 37 heavy (non-hydrogen) atoms. The van der Waals surface area contributed by atoms with Crippen LogP contribution in [0.3, 0.4) is 0 Å². The molecular weight excluding hydrogens is 464 g/mol. The maximum Gasteiger partial charge on any atom is 0.329 e. The van der Waals surface area contributed by atoms with Crippen LogP contribution in [0.4, 0.5) is 0 Å². The van der Waals surface area contributed by atoms with E-state index in [1.54, 1.807) is 4.68 Å². The second-order valence-corrected chi connectivity index (χ2v) is 10.2. The van der Waals surface area contributed by atoms with Crippen LogP contribution in [0.1, 0.15) is 25.8 Å². The number of aromatic nitrogens is 4. The summed E-state index contributed by atoms with van der Waals surface area (Å²) in [4.78, 5) is 30.2. The van der Waals surface area contributed by atoms with Gasteiger partial charge in [-0.25, -0.2) is 4.79 Å². The smallest absolute Gasteiger partial charge is 0.329 e. The molecule has 1 saturated heterocycles. The molecule has 4 aromatic rings. The number of rotatable bonds is 7. The van der Waals surface area contributed by atoms with Gasteiger partial charge in [0, 0.05) is 49.5 Å². The zero-order valence-corrected chi connectivity index (χ0v) is 22.4. The molecule has 8 nitrogen and oxygen atoms in total. The number of likely N-dealkylation sites (N-methyl/N-ethyl adjacent to an activating group) is 1. The number of benzene rings is 2. The summed E-state index contributed by atoms with van der Waals surface area (Å²) in [5.41, 5.74) is 6.78. The molecule has 194 valence electrons. The first-order chi connectivity index (χ1) is 17.8. The lowest BCUT2D eigenvalue weighted by Crippen LogP contribution is -2.36. The molecule has 8 heteroatoms. The molecule has 0 radical (unpaired) electrons. The minimum atomic E-state index is 0.0130. The van der Waals surface area contributed by atoms with E-state index in [9.17, 15) is 9.59 Å². The van der Waals surface area contributed by atoms with E-state index in [0.717, 1.165) is 58.5 Å². The van der Waals surface area contributed by atoms with Gasteiger partial charge in [-0.3, -0.25) is 18.6 Å². The number of hydrogen-bond donors (Lipinski definition) is 0. The van der Waals surface area contributed by atoms with Crippen molar-refractivity contribution in [3.8, 4) is 22.4 Å². The van der Waals surface area contributed by atoms with Crippen LogP contribution in [0.15, 0.2) is 53.5 Å². The third kappa shape index (κ3) is 4.62. The Labute approximate surface area is 217 Å². The van der Waals surface area contributed by atoms with Gasteiger partial charge >= 0.3 is 5.69 Å². The molecule has 5 rings (SSSR count). The molecule has 0 bridgehead atoms. The Balaban J connectivity index is 1.56. The van der Waals surface area contributed by atoms with Crippen LogP contribution < -0.4 is 5.69 Å². The number of nitrogens with zero attached hydrogens (tertiary/aromatic N) is 6. The van der Waals surface area contributed by atoms with E-state index < -0.39 is 0 Å². The Morgan fingerprint density at radius 1 is 1.03 bits per heavy atom. The van der Waals surface area contributed by atoms with Gasteiger partial charge < -0.3 is 9.80 Å². The van der Waals surface area contributed by atoms with Crippen molar-refractivity contribution in [3.05, 3.63) is 64.7 Å². The molecule has 2 aromatic carbocycles. The third-order valence-electron chi connectivity index (χ3n) is 7.56. The topological polar surface area (TPSA) is 68.3 Å². The van der Waals surface area contributed by atoms with Gasteiger partial charge in [0.05, 0.1) is 11.0 Å². The average Bonchev–Trinajstić information content (AvgIpc) is 3.59. The van der Waals surface area contributed by atoms with Crippen molar-refractivity contribution in [2.45, 2.75) is 52.9 Å². The molecule has 1 aliphatic rings. The lowest BCUT2D eigenvalue weighted by molar-refractivity contribution is -0.131. The molecule has 0 spiro atoms. The van der Waals surface area contributed by atoms with Gasteiger partial charge in [0.15, 0.2) is 0 Å². The van der Waals surface area contributed by atoms with Crippen molar-refractivity contribution in [1.82, 2.24) is 28.7 Å². The fourth-order valence-corrected chi connectivity index (χ4v) is 5.45. The molecule has 0 N–H and O–H groups in total. The highest BCUT2D eigenvalue weighted by Gasteiger charge is 2.28. The molecule has 1 atom stereocenters. The summed E-state index contributed by atoms with van der Waals surface area (Å²) in [6, 6.07) is 14.8. The summed E-state index contributed by atoms with van der Waals surface area (Å²) >= 11 is 0. The number of hydrogen-bond acceptors (Lipinski definition) is 4. The zero-order valence-electron chi connectivity index (χ0n) is 22.4. The van der Waals surface area contributed by atoms with E-state index in [2.05, 4.69) is 56.3 Å². The zero-order chi connectivity index (χ0) is 26.3. The van der Waals surface area contributed by atoms with Gasteiger partial charge in [-0.1, -0.05) is 29.8 Å². The minimum absolute atomic E-state index is 0.0130. The van der Waals surface area contributed by atoms with Crippen molar-refractivity contribution in [2.24, 2.45) is 0 Å². The van der Waals surface area contributed by atoms with Crippen LogP contribution in [0.5, 0.6) is 0 Å². The van der Waals surface area contributed by atoms with Gasteiger partial charge in [-0.2, -0.15) is 5.10 Å². The van der Waals surface area contributed by atoms with Gasteiger partial charge in [-0.15, -0.1) is 0 Å². The second-order valence-electron chi connectivity index (χ2n) is 10.2. The van der Waals surface area contributed by atoms with Gasteiger partial charge in [-0.05, 0) is 65.0 Å². The fraction of sp³-hybridized carbons (Fsp3) is 0.414. The van der Waals surface area contributed by atoms with E-state index in [-0.39, 0.29) is 18.1 Å². The molecule has 1 fully saturated rings. The monoisotopic (exact) mass is 500 g/mol. The van der Waals surface area contributed by atoms with E-state index in [1.165, 1.54) is 0 Å². The summed E-state index contributed by atoms with van der Waals surface area (Å²) in [7, 11) is 4.13. The van der Waals surface area contributed by atoms with Crippen LogP contribution >= 0.6 is 0 Å². The van der Waals surface area contributed by atoms with E-state index in [4.69, 9.17) is 5.10 Å². The number of carbonyl (C=O) groups is 1. The third-order valence-corrected chi connectivity index (χ3v) is 7.56. The number of imidazole rings is 1. The van der Waals surface area contributed by atoms with Gasteiger partial charge in [0.2, 0.25) is 5.91 Å². The lowest BCUT2D eigenvalue weighted by Gasteiger charge is -2.20. The summed E-state index contributed by atoms with van der Waals surface area (Å²) in [6.45, 7) is 9.02. The molecule has 0 unspecified atom stereocenters. The van der Waals surface area contributed by atoms with Crippen molar-refractivity contribution in [3.63, 3.8) is 0 Å². The fourth-order valence-electron chi connectivity index (χ4n) is 5.45. The molecule has 0 aliphatic carbocycles. The molecule has 0 saturated carbocycles. The number of likely N-dealkylation sites (tertiary alicyclic amines) is 1. The van der Waals surface area contributed by atoms with Gasteiger partial charge in [0.1, 0.15) is 12.2 Å². The maximum absolute atomic E-state index is 13.2. The SMILES string of the molecule is CCn1c(=O)n(CC)c2cc(-c3cn(CC(=O)N4CC[C@@H](N(C)C)C4)nc3-c3cccc(C)c3)ccc21.